The van der Waals surface area contributed by atoms with Crippen LogP contribution in [0.1, 0.15) is 19.5 Å². The van der Waals surface area contributed by atoms with Crippen molar-refractivity contribution in [1.82, 2.24) is 14.7 Å². The van der Waals surface area contributed by atoms with Gasteiger partial charge in [0, 0.05) is 29.4 Å². The molecule has 1 aromatic carbocycles. The van der Waals surface area contributed by atoms with Crippen LogP contribution in [0.25, 0.3) is 16.2 Å². The molecule has 0 atom stereocenters. The van der Waals surface area contributed by atoms with Gasteiger partial charge in [-0.15, -0.1) is 11.3 Å². The number of benzene rings is 1. The number of thiazole rings is 1. The summed E-state index contributed by atoms with van der Waals surface area (Å²) in [6.07, 6.45) is 2.22. The van der Waals surface area contributed by atoms with Crippen molar-refractivity contribution in [2.75, 3.05) is 6.54 Å². The number of nitrogens with one attached hydrogen (secondary N) is 1. The van der Waals surface area contributed by atoms with Crippen LogP contribution >= 0.6 is 11.3 Å². The standard InChI is InChI=1S/C17H18FN3OS/c1-11(2)8-19-16(22)7-14-10-23-17-20-15(9-21(14)17)12-3-5-13(18)6-4-12/h3-6,9-11H,7-8H2,1-2H3,(H,19,22). The van der Waals surface area contributed by atoms with Crippen LogP contribution in [-0.4, -0.2) is 21.8 Å². The van der Waals surface area contributed by atoms with Gasteiger partial charge in [-0.1, -0.05) is 13.8 Å². The second kappa shape index (κ2) is 6.50. The molecule has 23 heavy (non-hydrogen) atoms. The second-order valence-electron chi connectivity index (χ2n) is 5.89. The quantitative estimate of drug-likeness (QED) is 0.777. The summed E-state index contributed by atoms with van der Waals surface area (Å²) >= 11 is 1.50. The summed E-state index contributed by atoms with van der Waals surface area (Å²) in [4.78, 5) is 17.4. The molecule has 2 heterocycles. The molecule has 0 aliphatic carbocycles. The van der Waals surface area contributed by atoms with E-state index < -0.39 is 0 Å². The fourth-order valence-electron chi connectivity index (χ4n) is 2.26. The molecular formula is C17H18FN3OS. The third kappa shape index (κ3) is 3.59. The summed E-state index contributed by atoms with van der Waals surface area (Å²) in [5.41, 5.74) is 2.55. The lowest BCUT2D eigenvalue weighted by Gasteiger charge is -2.06. The van der Waals surface area contributed by atoms with Gasteiger partial charge in [-0.3, -0.25) is 9.20 Å². The number of amides is 1. The van der Waals surface area contributed by atoms with E-state index in [2.05, 4.69) is 24.1 Å². The minimum Gasteiger partial charge on any atom is -0.356 e. The van der Waals surface area contributed by atoms with Crippen molar-refractivity contribution < 1.29 is 9.18 Å². The highest BCUT2D eigenvalue weighted by atomic mass is 32.1. The Morgan fingerprint density at radius 2 is 2.09 bits per heavy atom. The van der Waals surface area contributed by atoms with Crippen LogP contribution < -0.4 is 5.32 Å². The number of imidazole rings is 1. The largest absolute Gasteiger partial charge is 0.356 e. The summed E-state index contributed by atoms with van der Waals surface area (Å²) in [6.45, 7) is 4.80. The highest BCUT2D eigenvalue weighted by molar-refractivity contribution is 7.15. The number of carbonyl (C=O) groups excluding carboxylic acids is 1. The Bertz CT molecular complexity index is 820. The predicted octanol–water partition coefficient (Wildman–Crippen LogP) is 3.52. The van der Waals surface area contributed by atoms with E-state index in [1.807, 2.05) is 16.0 Å². The Morgan fingerprint density at radius 3 is 2.78 bits per heavy atom. The zero-order valence-electron chi connectivity index (χ0n) is 13.0. The van der Waals surface area contributed by atoms with Gasteiger partial charge < -0.3 is 5.32 Å². The second-order valence-corrected chi connectivity index (χ2v) is 6.72. The van der Waals surface area contributed by atoms with Gasteiger partial charge in [0.25, 0.3) is 0 Å². The van der Waals surface area contributed by atoms with Gasteiger partial charge in [0.2, 0.25) is 5.91 Å². The van der Waals surface area contributed by atoms with E-state index in [9.17, 15) is 9.18 Å². The number of rotatable bonds is 5. The van der Waals surface area contributed by atoms with Crippen LogP contribution in [0, 0.1) is 11.7 Å². The lowest BCUT2D eigenvalue weighted by atomic mass is 10.2. The number of nitrogens with zero attached hydrogens (tertiary/aromatic N) is 2. The van der Waals surface area contributed by atoms with Crippen LogP contribution in [0.2, 0.25) is 0 Å². The molecule has 1 N–H and O–H groups in total. The van der Waals surface area contributed by atoms with Crippen LogP contribution in [0.15, 0.2) is 35.8 Å². The van der Waals surface area contributed by atoms with Crippen LogP contribution in [0.5, 0.6) is 0 Å². The van der Waals surface area contributed by atoms with Crippen LogP contribution in [0.3, 0.4) is 0 Å². The van der Waals surface area contributed by atoms with E-state index in [0.717, 1.165) is 21.9 Å². The highest BCUT2D eigenvalue weighted by Gasteiger charge is 2.12. The molecule has 0 saturated carbocycles. The molecule has 0 bridgehead atoms. The summed E-state index contributed by atoms with van der Waals surface area (Å²) < 4.78 is 14.9. The Labute approximate surface area is 138 Å². The Kier molecular flexibility index (Phi) is 4.43. The maximum atomic E-state index is 13.0. The maximum absolute atomic E-state index is 13.0. The van der Waals surface area contributed by atoms with Gasteiger partial charge >= 0.3 is 0 Å². The van der Waals surface area contributed by atoms with E-state index in [0.29, 0.717) is 18.9 Å². The highest BCUT2D eigenvalue weighted by Crippen LogP contribution is 2.24. The number of hydrogen-bond donors (Lipinski definition) is 1. The Morgan fingerprint density at radius 1 is 1.35 bits per heavy atom. The summed E-state index contributed by atoms with van der Waals surface area (Å²) in [5.74, 6) is 0.174. The molecule has 2 aromatic heterocycles. The summed E-state index contributed by atoms with van der Waals surface area (Å²) in [7, 11) is 0. The van der Waals surface area contributed by atoms with E-state index in [4.69, 9.17) is 0 Å². The van der Waals surface area contributed by atoms with Crippen molar-refractivity contribution in [2.24, 2.45) is 5.92 Å². The summed E-state index contributed by atoms with van der Waals surface area (Å²) in [5, 5.41) is 4.87. The molecule has 0 fully saturated rings. The third-order valence-corrected chi connectivity index (χ3v) is 4.36. The van der Waals surface area contributed by atoms with Gasteiger partial charge in [0.05, 0.1) is 12.1 Å². The topological polar surface area (TPSA) is 46.4 Å². The lowest BCUT2D eigenvalue weighted by Crippen LogP contribution is -2.28. The van der Waals surface area contributed by atoms with Gasteiger partial charge in [0.15, 0.2) is 4.96 Å². The molecule has 1 amide bonds. The lowest BCUT2D eigenvalue weighted by molar-refractivity contribution is -0.120. The van der Waals surface area contributed by atoms with Crippen LogP contribution in [-0.2, 0) is 11.2 Å². The molecule has 4 nitrogen and oxygen atoms in total. The normalized spacial score (nSPS) is 11.3. The van der Waals surface area contributed by atoms with E-state index >= 15 is 0 Å². The zero-order valence-corrected chi connectivity index (χ0v) is 13.9. The first kappa shape index (κ1) is 15.7. The molecule has 0 aliphatic rings. The molecule has 3 aromatic rings. The molecule has 0 aliphatic heterocycles. The molecule has 0 radical (unpaired) electrons. The zero-order chi connectivity index (χ0) is 16.4. The number of fused-ring (bicyclic) bond motifs is 1. The molecule has 3 rings (SSSR count). The number of halogens is 1. The van der Waals surface area contributed by atoms with E-state index in [1.165, 1.54) is 23.5 Å². The van der Waals surface area contributed by atoms with Gasteiger partial charge in [-0.2, -0.15) is 0 Å². The average Bonchev–Trinajstić information content (AvgIpc) is 3.08. The molecule has 0 spiro atoms. The van der Waals surface area contributed by atoms with Gasteiger partial charge in [0.1, 0.15) is 5.82 Å². The fourth-order valence-corrected chi connectivity index (χ4v) is 3.13. The number of carbonyl (C=O) groups is 1. The molecule has 6 heteroatoms. The first-order chi connectivity index (χ1) is 11.0. The van der Waals surface area contributed by atoms with Gasteiger partial charge in [-0.25, -0.2) is 9.37 Å². The van der Waals surface area contributed by atoms with Crippen molar-refractivity contribution in [1.29, 1.82) is 0 Å². The predicted molar refractivity (Wildman–Crippen MR) is 90.0 cm³/mol. The van der Waals surface area contributed by atoms with Crippen molar-refractivity contribution in [3.63, 3.8) is 0 Å². The molecular weight excluding hydrogens is 313 g/mol. The van der Waals surface area contributed by atoms with Crippen LogP contribution in [0.4, 0.5) is 4.39 Å². The van der Waals surface area contributed by atoms with Crippen molar-refractivity contribution in [2.45, 2.75) is 20.3 Å². The van der Waals surface area contributed by atoms with Crippen molar-refractivity contribution in [3.05, 3.63) is 47.4 Å². The monoisotopic (exact) mass is 331 g/mol. The SMILES string of the molecule is CC(C)CNC(=O)Cc1csc2nc(-c3ccc(F)cc3)cn12. The molecule has 120 valence electrons. The molecule has 0 unspecified atom stereocenters. The summed E-state index contributed by atoms with van der Waals surface area (Å²) in [6, 6.07) is 6.25. The molecule has 0 saturated heterocycles. The Balaban J connectivity index is 1.80. The average molecular weight is 331 g/mol. The van der Waals surface area contributed by atoms with E-state index in [-0.39, 0.29) is 11.7 Å². The Hall–Kier alpha value is -2.21. The fraction of sp³-hybridized carbons (Fsp3) is 0.294. The van der Waals surface area contributed by atoms with Gasteiger partial charge in [-0.05, 0) is 30.2 Å². The minimum absolute atomic E-state index is 0.00966. The van der Waals surface area contributed by atoms with E-state index in [1.54, 1.807) is 12.1 Å². The number of hydrogen-bond acceptors (Lipinski definition) is 3. The maximum Gasteiger partial charge on any atom is 0.225 e. The van der Waals surface area contributed by atoms with Crippen molar-refractivity contribution >= 4 is 22.2 Å². The minimum atomic E-state index is -0.266. The smallest absolute Gasteiger partial charge is 0.225 e. The third-order valence-electron chi connectivity index (χ3n) is 3.47. The number of aromatic nitrogens is 2. The van der Waals surface area contributed by atoms with Crippen molar-refractivity contribution in [3.8, 4) is 11.3 Å². The first-order valence-electron chi connectivity index (χ1n) is 7.51. The first-order valence-corrected chi connectivity index (χ1v) is 8.39.